The summed E-state index contributed by atoms with van der Waals surface area (Å²) in [6.45, 7) is 3.49. The normalized spacial score (nSPS) is 11.1. The maximum absolute atomic E-state index is 12.3. The van der Waals surface area contributed by atoms with Crippen LogP contribution in [0.4, 0.5) is 0 Å². The van der Waals surface area contributed by atoms with Gasteiger partial charge < -0.3 is 9.15 Å². The van der Waals surface area contributed by atoms with Gasteiger partial charge in [-0.1, -0.05) is 17.7 Å². The Morgan fingerprint density at radius 3 is 2.79 bits per heavy atom. The van der Waals surface area contributed by atoms with Crippen LogP contribution < -0.4 is 11.0 Å². The first-order valence-electron chi connectivity index (χ1n) is 8.62. The quantitative estimate of drug-likeness (QED) is 0.511. The predicted octanol–water partition coefficient (Wildman–Crippen LogP) is 2.77. The van der Waals surface area contributed by atoms with Gasteiger partial charge in [-0.15, -0.1) is 0 Å². The average Bonchev–Trinajstić information content (AvgIpc) is 2.67. The molecular formula is C21H16N2O5. The number of ether oxygens (including phenoxy) is 1. The van der Waals surface area contributed by atoms with Crippen LogP contribution in [0.2, 0.25) is 0 Å². The lowest BCUT2D eigenvalue weighted by atomic mass is 10.1. The fourth-order valence-corrected chi connectivity index (χ4v) is 2.96. The summed E-state index contributed by atoms with van der Waals surface area (Å²) in [4.78, 5) is 41.1. The van der Waals surface area contributed by atoms with Crippen LogP contribution in [0.3, 0.4) is 0 Å². The Bertz CT molecular complexity index is 1350. The minimum atomic E-state index is -0.800. The lowest BCUT2D eigenvalue weighted by Gasteiger charge is -2.07. The first kappa shape index (κ1) is 17.7. The van der Waals surface area contributed by atoms with Gasteiger partial charge in [-0.05, 0) is 37.6 Å². The van der Waals surface area contributed by atoms with Crippen LogP contribution in [0.1, 0.15) is 27.4 Å². The summed E-state index contributed by atoms with van der Waals surface area (Å²) < 4.78 is 12.1. The number of hydrogen-bond donors (Lipinski definition) is 0. The molecule has 0 aliphatic heterocycles. The van der Waals surface area contributed by atoms with Gasteiger partial charge in [-0.3, -0.25) is 14.0 Å². The highest BCUT2D eigenvalue weighted by Gasteiger charge is 2.15. The number of aryl methyl sites for hydroxylation is 2. The summed E-state index contributed by atoms with van der Waals surface area (Å²) in [6, 6.07) is 11.1. The fourth-order valence-electron chi connectivity index (χ4n) is 2.96. The number of benzene rings is 1. The molecule has 28 heavy (non-hydrogen) atoms. The highest BCUT2D eigenvalue weighted by atomic mass is 16.5. The van der Waals surface area contributed by atoms with E-state index in [1.54, 1.807) is 30.5 Å². The molecule has 0 atom stereocenters. The van der Waals surface area contributed by atoms with Crippen LogP contribution in [-0.4, -0.2) is 15.4 Å². The van der Waals surface area contributed by atoms with E-state index >= 15 is 0 Å². The molecule has 0 bridgehead atoms. The molecule has 7 nitrogen and oxygen atoms in total. The van der Waals surface area contributed by atoms with E-state index in [-0.39, 0.29) is 23.4 Å². The number of pyridine rings is 1. The molecule has 3 heterocycles. The van der Waals surface area contributed by atoms with Gasteiger partial charge in [0.1, 0.15) is 17.8 Å². The van der Waals surface area contributed by atoms with E-state index in [1.165, 1.54) is 10.5 Å². The molecule has 0 amide bonds. The third-order valence-electron chi connectivity index (χ3n) is 4.37. The van der Waals surface area contributed by atoms with Crippen molar-refractivity contribution >= 4 is 22.6 Å². The van der Waals surface area contributed by atoms with Gasteiger partial charge in [0.25, 0.3) is 5.56 Å². The number of esters is 1. The second-order valence-corrected chi connectivity index (χ2v) is 6.52. The molecule has 0 radical (unpaired) electrons. The van der Waals surface area contributed by atoms with Crippen molar-refractivity contribution in [2.75, 3.05) is 0 Å². The minimum absolute atomic E-state index is 0.199. The topological polar surface area (TPSA) is 90.9 Å². The number of nitrogens with zero attached hydrogens (tertiary/aromatic N) is 2. The van der Waals surface area contributed by atoms with Crippen molar-refractivity contribution in [3.05, 3.63) is 91.8 Å². The van der Waals surface area contributed by atoms with Crippen molar-refractivity contribution in [2.45, 2.75) is 20.5 Å². The van der Waals surface area contributed by atoms with Crippen LogP contribution in [0.5, 0.6) is 0 Å². The van der Waals surface area contributed by atoms with E-state index in [0.717, 1.165) is 17.2 Å². The van der Waals surface area contributed by atoms with Gasteiger partial charge in [0.2, 0.25) is 5.76 Å². The highest BCUT2D eigenvalue weighted by molar-refractivity contribution is 5.89. The number of aromatic nitrogens is 2. The van der Waals surface area contributed by atoms with Crippen LogP contribution in [0.15, 0.2) is 62.7 Å². The lowest BCUT2D eigenvalue weighted by Crippen LogP contribution is -2.17. The minimum Gasteiger partial charge on any atom is -0.453 e. The first-order valence-corrected chi connectivity index (χ1v) is 8.62. The molecule has 0 saturated heterocycles. The van der Waals surface area contributed by atoms with Gasteiger partial charge in [0.15, 0.2) is 5.43 Å². The van der Waals surface area contributed by atoms with E-state index in [1.807, 2.05) is 19.9 Å². The smallest absolute Gasteiger partial charge is 0.374 e. The number of fused-ring (bicyclic) bond motifs is 2. The Hall–Kier alpha value is -3.74. The number of carbonyl (C=O) groups excluding carboxylic acids is 1. The van der Waals surface area contributed by atoms with E-state index in [4.69, 9.17) is 9.15 Å². The summed E-state index contributed by atoms with van der Waals surface area (Å²) in [5.41, 5.74) is 2.26. The van der Waals surface area contributed by atoms with E-state index in [9.17, 15) is 14.4 Å². The second kappa shape index (κ2) is 6.77. The summed E-state index contributed by atoms with van der Waals surface area (Å²) in [6.07, 6.45) is 1.62. The lowest BCUT2D eigenvalue weighted by molar-refractivity contribution is 0.0431. The van der Waals surface area contributed by atoms with Crippen molar-refractivity contribution in [3.63, 3.8) is 0 Å². The molecule has 140 valence electrons. The molecule has 1 aromatic carbocycles. The van der Waals surface area contributed by atoms with Crippen molar-refractivity contribution in [3.8, 4) is 0 Å². The van der Waals surface area contributed by atoms with Gasteiger partial charge in [-0.25, -0.2) is 9.78 Å². The second-order valence-electron chi connectivity index (χ2n) is 6.52. The fraction of sp³-hybridized carbons (Fsp3) is 0.143. The molecule has 4 rings (SSSR count). The number of rotatable bonds is 3. The molecule has 0 aliphatic carbocycles. The predicted molar refractivity (Wildman–Crippen MR) is 103 cm³/mol. The van der Waals surface area contributed by atoms with Crippen LogP contribution in [-0.2, 0) is 11.3 Å². The van der Waals surface area contributed by atoms with Crippen LogP contribution in [0, 0.1) is 13.8 Å². The van der Waals surface area contributed by atoms with E-state index in [2.05, 4.69) is 4.98 Å². The van der Waals surface area contributed by atoms with Crippen molar-refractivity contribution in [1.82, 2.24) is 9.38 Å². The SMILES string of the molecule is Cc1ccc2oc(C(=O)OCc3cc(=O)n4cccc(C)c4n3)cc(=O)c2c1. The molecule has 4 aromatic rings. The van der Waals surface area contributed by atoms with Crippen molar-refractivity contribution in [2.24, 2.45) is 0 Å². The summed E-state index contributed by atoms with van der Waals surface area (Å²) >= 11 is 0. The van der Waals surface area contributed by atoms with Crippen molar-refractivity contribution in [1.29, 1.82) is 0 Å². The first-order chi connectivity index (χ1) is 13.4. The molecule has 0 aliphatic rings. The Balaban J connectivity index is 1.61. The maximum Gasteiger partial charge on any atom is 0.374 e. The van der Waals surface area contributed by atoms with Gasteiger partial charge in [0.05, 0.1) is 11.1 Å². The third-order valence-corrected chi connectivity index (χ3v) is 4.37. The Labute approximate surface area is 158 Å². The zero-order valence-electron chi connectivity index (χ0n) is 15.3. The van der Waals surface area contributed by atoms with Gasteiger partial charge in [0, 0.05) is 18.3 Å². The summed E-state index contributed by atoms with van der Waals surface area (Å²) in [5.74, 6) is -0.999. The molecule has 3 aromatic heterocycles. The van der Waals surface area contributed by atoms with Gasteiger partial charge in [-0.2, -0.15) is 0 Å². The van der Waals surface area contributed by atoms with E-state index in [0.29, 0.717) is 22.3 Å². The third kappa shape index (κ3) is 3.18. The molecule has 0 unspecified atom stereocenters. The summed E-state index contributed by atoms with van der Waals surface area (Å²) in [5, 5.41) is 0.399. The zero-order valence-corrected chi connectivity index (χ0v) is 15.3. The Morgan fingerprint density at radius 1 is 1.14 bits per heavy atom. The molecule has 0 N–H and O–H groups in total. The number of carbonyl (C=O) groups is 1. The molecule has 0 saturated carbocycles. The van der Waals surface area contributed by atoms with Gasteiger partial charge >= 0.3 is 5.97 Å². The maximum atomic E-state index is 12.3. The monoisotopic (exact) mass is 376 g/mol. The zero-order chi connectivity index (χ0) is 19.8. The van der Waals surface area contributed by atoms with E-state index < -0.39 is 5.97 Å². The van der Waals surface area contributed by atoms with Crippen LogP contribution >= 0.6 is 0 Å². The average molecular weight is 376 g/mol. The largest absolute Gasteiger partial charge is 0.453 e. The van der Waals surface area contributed by atoms with Crippen molar-refractivity contribution < 1.29 is 13.9 Å². The Morgan fingerprint density at radius 2 is 1.96 bits per heavy atom. The number of hydrogen-bond acceptors (Lipinski definition) is 6. The molecule has 7 heteroatoms. The standard InChI is InChI=1S/C21H16N2O5/c1-12-5-6-17-15(8-12)16(24)10-18(28-17)21(26)27-11-14-9-19(25)23-7-3-4-13(2)20(23)22-14/h3-10H,11H2,1-2H3. The summed E-state index contributed by atoms with van der Waals surface area (Å²) in [7, 11) is 0. The van der Waals surface area contributed by atoms with Crippen LogP contribution in [0.25, 0.3) is 16.6 Å². The molecule has 0 fully saturated rings. The molecular weight excluding hydrogens is 360 g/mol. The Kier molecular flexibility index (Phi) is 4.27. The molecule has 0 spiro atoms. The highest BCUT2D eigenvalue weighted by Crippen LogP contribution is 2.15.